The van der Waals surface area contributed by atoms with Crippen molar-refractivity contribution in [2.45, 2.75) is 86.5 Å². The maximum Gasteiger partial charge on any atom is 0.139 e. The van der Waals surface area contributed by atoms with Crippen LogP contribution in [-0.4, -0.2) is 29.9 Å². The first-order chi connectivity index (χ1) is 27.5. The number of rotatable bonds is 13. The van der Waals surface area contributed by atoms with Crippen LogP contribution >= 0.6 is 54.5 Å². The summed E-state index contributed by atoms with van der Waals surface area (Å²) < 4.78 is 70.5. The summed E-state index contributed by atoms with van der Waals surface area (Å²) in [6, 6.07) is 13.6. The number of hydrogen-bond donors (Lipinski definition) is 2. The van der Waals surface area contributed by atoms with Crippen LogP contribution in [0.4, 0.5) is 28.9 Å². The number of benzene rings is 4. The Balaban J connectivity index is 0.000000214. The van der Waals surface area contributed by atoms with Gasteiger partial charge in [-0.25, -0.2) is 17.6 Å². The summed E-state index contributed by atoms with van der Waals surface area (Å²) in [4.78, 5) is 24.7. The Kier molecular flexibility index (Phi) is 17.8. The third-order valence-electron chi connectivity index (χ3n) is 9.88. The molecule has 6 rings (SSSR count). The smallest absolute Gasteiger partial charge is 0.139 e. The molecule has 310 valence electrons. The van der Waals surface area contributed by atoms with Crippen molar-refractivity contribution in [3.63, 3.8) is 0 Å². The average molecular weight is 1150 g/mol. The number of hydrogen-bond acceptors (Lipinski definition) is 6. The largest absolute Gasteiger partial charge is 0.207 e. The molecule has 0 spiro atoms. The number of furan rings is 2. The number of carbonyl (C=O) groups is 2. The van der Waals surface area contributed by atoms with Gasteiger partial charge in [0.15, 0.2) is 5.78 Å². The Labute approximate surface area is 371 Å². The van der Waals surface area contributed by atoms with E-state index in [1.807, 2.05) is 12.1 Å². The summed E-state index contributed by atoms with van der Waals surface area (Å²) in [7, 11) is 0. The summed E-state index contributed by atoms with van der Waals surface area (Å²) in [6.45, 7) is 9.84. The number of carbonyl (C=O) groups excluding carboxylic acids is 2. The van der Waals surface area contributed by atoms with Crippen molar-refractivity contribution < 1.29 is 36.0 Å². The van der Waals surface area contributed by atoms with Crippen molar-refractivity contribution in [3.05, 3.63) is 108 Å². The van der Waals surface area contributed by atoms with E-state index in [4.69, 9.17) is 20.3 Å². The maximum absolute atomic E-state index is 14.0. The molecule has 0 aliphatic heterocycles. The van der Waals surface area contributed by atoms with Crippen molar-refractivity contribution in [3.8, 4) is 11.3 Å². The average Bonchev–Trinajstić information content (AvgIpc) is 3.72. The van der Waals surface area contributed by atoms with Crippen LogP contribution in [0.5, 0.6) is 0 Å². The Bertz CT molecular complexity index is 2400. The Hall–Kier alpha value is -2.89. The van der Waals surface area contributed by atoms with Crippen molar-refractivity contribution in [1.82, 2.24) is 0 Å². The minimum absolute atomic E-state index is 0.0255. The number of halogens is 7. The van der Waals surface area contributed by atoms with Crippen molar-refractivity contribution in [2.75, 3.05) is 11.5 Å². The predicted molar refractivity (Wildman–Crippen MR) is 246 cm³/mol. The molecule has 6 aromatic rings. The number of nitrogens with two attached hydrogens (primary N) is 2. The molecular formula is C44H47Br2F4IN2O4Sn. The van der Waals surface area contributed by atoms with E-state index in [1.54, 1.807) is 41.6 Å². The van der Waals surface area contributed by atoms with E-state index in [0.29, 0.717) is 30.4 Å². The van der Waals surface area contributed by atoms with Crippen molar-refractivity contribution in [1.29, 1.82) is 0 Å². The molecule has 0 saturated heterocycles. The van der Waals surface area contributed by atoms with Gasteiger partial charge in [0.25, 0.3) is 0 Å². The second-order valence-corrected chi connectivity index (χ2v) is 30.0. The molecule has 58 heavy (non-hydrogen) atoms. The van der Waals surface area contributed by atoms with Gasteiger partial charge in [-0.3, -0.25) is 4.79 Å². The van der Waals surface area contributed by atoms with E-state index in [0.717, 1.165) is 43.0 Å². The van der Waals surface area contributed by atoms with Crippen LogP contribution in [0.25, 0.3) is 33.3 Å². The molecule has 0 atom stereocenters. The SMILES string of the molecule is CC(=O)c1c(-c2ccc(F)cc2F)oc2cc(N)c(Br)cc12.CCC[CH2][Sn]([CH2]CCC)([CH2]CCC)[c]1oc2cc(N)c(Br)cc2c1C(C)=O.Fc1ccc(I)c(F)c1. The molecule has 0 fully saturated rings. The fourth-order valence-electron chi connectivity index (χ4n) is 6.93. The maximum atomic E-state index is 14.0. The first-order valence-electron chi connectivity index (χ1n) is 19.1. The summed E-state index contributed by atoms with van der Waals surface area (Å²) in [5, 5.41) is 1.46. The summed E-state index contributed by atoms with van der Waals surface area (Å²) in [5.41, 5.74) is 15.2. The fraction of sp³-hybridized carbons (Fsp3) is 0.318. The summed E-state index contributed by atoms with van der Waals surface area (Å²) in [5.74, 6) is -2.62. The number of Topliss-reactive ketones (excluding diaryl/α,β-unsaturated/α-hetero) is 2. The Morgan fingerprint density at radius 3 is 1.53 bits per heavy atom. The fourth-order valence-corrected chi connectivity index (χ4v) is 24.2. The molecular weight excluding hydrogens is 1100 g/mol. The molecule has 0 aliphatic carbocycles. The molecule has 2 aromatic heterocycles. The zero-order chi connectivity index (χ0) is 42.9. The topological polar surface area (TPSA) is 112 Å². The van der Waals surface area contributed by atoms with Crippen LogP contribution in [0, 0.1) is 26.8 Å². The van der Waals surface area contributed by atoms with Gasteiger partial charge in [-0.1, -0.05) is 0 Å². The van der Waals surface area contributed by atoms with Gasteiger partial charge in [-0.05, 0) is 75.8 Å². The van der Waals surface area contributed by atoms with Gasteiger partial charge >= 0.3 is 177 Å². The van der Waals surface area contributed by atoms with E-state index in [1.165, 1.54) is 77.0 Å². The van der Waals surface area contributed by atoms with Crippen LogP contribution in [0.1, 0.15) is 93.9 Å². The first kappa shape index (κ1) is 47.8. The molecule has 0 aliphatic rings. The van der Waals surface area contributed by atoms with Crippen LogP contribution < -0.4 is 15.2 Å². The van der Waals surface area contributed by atoms with Gasteiger partial charge in [0.05, 0.1) is 11.1 Å². The van der Waals surface area contributed by atoms with E-state index >= 15 is 0 Å². The molecule has 0 radical (unpaired) electrons. The first-order valence-corrected chi connectivity index (χ1v) is 29.2. The molecule has 6 nitrogen and oxygen atoms in total. The predicted octanol–water partition coefficient (Wildman–Crippen LogP) is 14.5. The van der Waals surface area contributed by atoms with Gasteiger partial charge in [0.1, 0.15) is 34.6 Å². The van der Waals surface area contributed by atoms with Gasteiger partial charge in [0, 0.05) is 37.3 Å². The number of unbranched alkanes of at least 4 members (excludes halogenated alkanes) is 3. The molecule has 0 bridgehead atoms. The molecule has 4 aromatic carbocycles. The Morgan fingerprint density at radius 2 is 1.10 bits per heavy atom. The monoisotopic (exact) mass is 1150 g/mol. The standard InChI is InChI=1S/C16H10BrF2NO2.C10H7BrNO2.C6H3F2I.3C4H9.Sn/c1-7(21)15-10-5-11(17)13(20)6-14(10)22-16(15)9-3-2-8(18)4-12(9)19;1-5(13)7-4-14-10-3-9(12)8(11)2-6(7)10;7-4-1-2-6(9)5(8)3-4;3*1-3-4-2;/h2-6H,20H2,1H3;2-3H,12H2,1H3;1-3H;3*1,3-4H2,2H3;. The quantitative estimate of drug-likeness (QED) is 0.0297. The zero-order valence-corrected chi connectivity index (χ0v) is 41.3. The van der Waals surface area contributed by atoms with Crippen molar-refractivity contribution >= 4 is 121 Å². The third-order valence-corrected chi connectivity index (χ3v) is 27.1. The summed E-state index contributed by atoms with van der Waals surface area (Å²) >= 11 is 5.77. The third kappa shape index (κ3) is 11.5. The second-order valence-electron chi connectivity index (χ2n) is 14.2. The second kappa shape index (κ2) is 21.6. The molecule has 2 heterocycles. The van der Waals surface area contributed by atoms with Crippen LogP contribution in [0.15, 0.2) is 78.4 Å². The van der Waals surface area contributed by atoms with Crippen molar-refractivity contribution in [2.24, 2.45) is 0 Å². The van der Waals surface area contributed by atoms with E-state index < -0.39 is 41.6 Å². The number of fused-ring (bicyclic) bond motifs is 2. The van der Waals surface area contributed by atoms with Gasteiger partial charge < -0.3 is 10.2 Å². The van der Waals surface area contributed by atoms with Gasteiger partial charge in [-0.15, -0.1) is 0 Å². The number of nitrogen functional groups attached to an aromatic ring is 2. The molecule has 0 unspecified atom stereocenters. The zero-order valence-electron chi connectivity index (χ0n) is 33.1. The number of anilines is 2. The minimum Gasteiger partial charge on any atom is -0.207 e. The number of ketones is 2. The van der Waals surface area contributed by atoms with Gasteiger partial charge in [0.2, 0.25) is 0 Å². The van der Waals surface area contributed by atoms with E-state index in [2.05, 4.69) is 52.6 Å². The summed E-state index contributed by atoms with van der Waals surface area (Å²) in [6.07, 6.45) is 7.32. The Morgan fingerprint density at radius 1 is 0.655 bits per heavy atom. The minimum atomic E-state index is -2.84. The van der Waals surface area contributed by atoms with Crippen LogP contribution in [0.2, 0.25) is 13.3 Å². The van der Waals surface area contributed by atoms with Gasteiger partial charge in [-0.2, -0.15) is 0 Å². The molecule has 4 N–H and O–H groups in total. The van der Waals surface area contributed by atoms with E-state index in [-0.39, 0.29) is 28.5 Å². The molecule has 14 heteroatoms. The molecule has 0 saturated carbocycles. The van der Waals surface area contributed by atoms with E-state index in [9.17, 15) is 27.2 Å². The van der Waals surface area contributed by atoms with Crippen LogP contribution in [-0.2, 0) is 0 Å². The molecule has 0 amide bonds. The van der Waals surface area contributed by atoms with Crippen LogP contribution in [0.3, 0.4) is 0 Å². The normalized spacial score (nSPS) is 11.3.